The third-order valence-electron chi connectivity index (χ3n) is 4.47. The number of rotatable bonds is 8. The molecule has 0 saturated heterocycles. The minimum Gasteiger partial charge on any atom is -0.493 e. The van der Waals surface area contributed by atoms with Crippen molar-refractivity contribution in [1.29, 1.82) is 0 Å². The lowest BCUT2D eigenvalue weighted by Crippen LogP contribution is -2.31. The molecule has 0 saturated carbocycles. The Balaban J connectivity index is 0.00000300. The number of nitrogens with one attached hydrogen (secondary N) is 2. The number of benzene rings is 2. The van der Waals surface area contributed by atoms with E-state index >= 15 is 0 Å². The maximum absolute atomic E-state index is 12.6. The first-order chi connectivity index (χ1) is 13.6. The number of carbonyl (C=O) groups excluding carboxylic acids is 3. The molecular formula is C21H24ClN3O4. The summed E-state index contributed by atoms with van der Waals surface area (Å²) in [5.74, 6) is -0.442. The average molecular weight is 418 g/mol. The van der Waals surface area contributed by atoms with Crippen LogP contribution in [0.2, 0.25) is 0 Å². The highest BCUT2D eigenvalue weighted by Crippen LogP contribution is 2.26. The number of likely N-dealkylation sites (N-methyl/N-ethyl adjacent to an activating group) is 1. The van der Waals surface area contributed by atoms with Crippen molar-refractivity contribution in [3.63, 3.8) is 0 Å². The van der Waals surface area contributed by atoms with Crippen LogP contribution in [0.1, 0.15) is 43.6 Å². The average Bonchev–Trinajstić information content (AvgIpc) is 2.94. The van der Waals surface area contributed by atoms with Gasteiger partial charge in [0.2, 0.25) is 0 Å². The smallest absolute Gasteiger partial charge is 0.261 e. The molecule has 2 N–H and O–H groups in total. The van der Waals surface area contributed by atoms with E-state index in [2.05, 4.69) is 10.6 Å². The molecule has 0 bridgehead atoms. The molecule has 0 radical (unpaired) electrons. The van der Waals surface area contributed by atoms with Crippen LogP contribution in [0.3, 0.4) is 0 Å². The molecule has 3 amide bonds. The molecule has 29 heavy (non-hydrogen) atoms. The number of imide groups is 1. The number of carbonyl (C=O) groups is 3. The number of halogens is 1. The topological polar surface area (TPSA) is 87.7 Å². The summed E-state index contributed by atoms with van der Waals surface area (Å²) in [7, 11) is 1.81. The third-order valence-corrected chi connectivity index (χ3v) is 4.47. The zero-order valence-corrected chi connectivity index (χ0v) is 17.2. The highest BCUT2D eigenvalue weighted by molar-refractivity contribution is 6.21. The summed E-state index contributed by atoms with van der Waals surface area (Å²) in [5.41, 5.74) is 1.87. The fourth-order valence-electron chi connectivity index (χ4n) is 3.10. The van der Waals surface area contributed by atoms with Gasteiger partial charge in [0.25, 0.3) is 17.7 Å². The van der Waals surface area contributed by atoms with Crippen LogP contribution < -0.4 is 15.4 Å². The van der Waals surface area contributed by atoms with Crippen molar-refractivity contribution in [3.8, 4) is 5.75 Å². The van der Waals surface area contributed by atoms with Crippen molar-refractivity contribution in [1.82, 2.24) is 15.5 Å². The summed E-state index contributed by atoms with van der Waals surface area (Å²) in [6, 6.07) is 11.9. The zero-order chi connectivity index (χ0) is 20.1. The fourth-order valence-corrected chi connectivity index (χ4v) is 3.10. The maximum atomic E-state index is 12.6. The normalized spacial score (nSPS) is 12.4. The van der Waals surface area contributed by atoms with E-state index in [1.54, 1.807) is 49.5 Å². The van der Waals surface area contributed by atoms with Crippen LogP contribution in [0.5, 0.6) is 5.75 Å². The van der Waals surface area contributed by atoms with E-state index in [4.69, 9.17) is 4.74 Å². The van der Waals surface area contributed by atoms with Gasteiger partial charge >= 0.3 is 0 Å². The Morgan fingerprint density at radius 3 is 2.28 bits per heavy atom. The molecule has 0 spiro atoms. The quantitative estimate of drug-likeness (QED) is 0.508. The monoisotopic (exact) mass is 417 g/mol. The van der Waals surface area contributed by atoms with Crippen molar-refractivity contribution >= 4 is 30.1 Å². The Hall–Kier alpha value is -2.90. The highest BCUT2D eigenvalue weighted by atomic mass is 35.5. The predicted molar refractivity (Wildman–Crippen MR) is 112 cm³/mol. The van der Waals surface area contributed by atoms with Crippen LogP contribution in [0.4, 0.5) is 0 Å². The number of hydrogen-bond donors (Lipinski definition) is 2. The van der Waals surface area contributed by atoms with Crippen molar-refractivity contribution in [2.45, 2.75) is 13.5 Å². The summed E-state index contributed by atoms with van der Waals surface area (Å²) in [5, 5.41) is 5.79. The van der Waals surface area contributed by atoms with Gasteiger partial charge in [-0.2, -0.15) is 0 Å². The maximum Gasteiger partial charge on any atom is 0.261 e. The van der Waals surface area contributed by atoms with Gasteiger partial charge in [0.1, 0.15) is 5.75 Å². The molecule has 0 aromatic heterocycles. The van der Waals surface area contributed by atoms with E-state index in [1.807, 2.05) is 6.92 Å². The van der Waals surface area contributed by atoms with Crippen molar-refractivity contribution < 1.29 is 19.1 Å². The lowest BCUT2D eigenvalue weighted by Gasteiger charge is -2.16. The number of hydrogen-bond acceptors (Lipinski definition) is 5. The zero-order valence-electron chi connectivity index (χ0n) is 16.4. The molecular weight excluding hydrogens is 394 g/mol. The van der Waals surface area contributed by atoms with Crippen LogP contribution in [-0.4, -0.2) is 49.4 Å². The van der Waals surface area contributed by atoms with Crippen LogP contribution >= 0.6 is 12.4 Å². The van der Waals surface area contributed by atoms with Gasteiger partial charge < -0.3 is 15.4 Å². The second-order valence-electron chi connectivity index (χ2n) is 6.37. The molecule has 1 aliphatic rings. The van der Waals surface area contributed by atoms with Crippen molar-refractivity contribution in [2.75, 3.05) is 26.7 Å². The number of fused-ring (bicyclic) bond motifs is 1. The second kappa shape index (κ2) is 10.0. The molecule has 0 aliphatic carbocycles. The van der Waals surface area contributed by atoms with E-state index in [1.165, 1.54) is 4.90 Å². The molecule has 0 fully saturated rings. The number of ether oxygens (including phenoxy) is 1. The molecule has 1 heterocycles. The van der Waals surface area contributed by atoms with Gasteiger partial charge in [-0.05, 0) is 43.8 Å². The Bertz CT molecular complexity index is 882. The molecule has 2 aromatic carbocycles. The van der Waals surface area contributed by atoms with Crippen LogP contribution in [0.25, 0.3) is 0 Å². The number of nitrogens with zero attached hydrogens (tertiary/aromatic N) is 1. The van der Waals surface area contributed by atoms with Gasteiger partial charge in [0.15, 0.2) is 0 Å². The van der Waals surface area contributed by atoms with Crippen molar-refractivity contribution in [3.05, 3.63) is 64.7 Å². The lowest BCUT2D eigenvalue weighted by molar-refractivity contribution is 0.0642. The molecule has 8 heteroatoms. The third kappa shape index (κ3) is 4.75. The Kier molecular flexibility index (Phi) is 7.75. The van der Waals surface area contributed by atoms with Gasteiger partial charge in [-0.25, -0.2) is 0 Å². The summed E-state index contributed by atoms with van der Waals surface area (Å²) in [6.45, 7) is 3.48. The van der Waals surface area contributed by atoms with Crippen molar-refractivity contribution in [2.24, 2.45) is 0 Å². The summed E-state index contributed by atoms with van der Waals surface area (Å²) < 4.78 is 5.56. The largest absolute Gasteiger partial charge is 0.493 e. The van der Waals surface area contributed by atoms with Crippen LogP contribution in [0, 0.1) is 0 Å². The fraction of sp³-hybridized carbons (Fsp3) is 0.286. The van der Waals surface area contributed by atoms with Gasteiger partial charge in [-0.1, -0.05) is 18.2 Å². The van der Waals surface area contributed by atoms with E-state index in [9.17, 15) is 14.4 Å². The molecule has 7 nitrogen and oxygen atoms in total. The van der Waals surface area contributed by atoms with E-state index < -0.39 is 0 Å². The molecule has 154 valence electrons. The first-order valence-electron chi connectivity index (χ1n) is 9.20. The van der Waals surface area contributed by atoms with Gasteiger partial charge in [0.05, 0.1) is 29.8 Å². The first-order valence-corrected chi connectivity index (χ1v) is 9.20. The Labute approximate surface area is 175 Å². The van der Waals surface area contributed by atoms with E-state index in [0.29, 0.717) is 47.7 Å². The molecule has 3 rings (SSSR count). The summed E-state index contributed by atoms with van der Waals surface area (Å²) in [6.07, 6.45) is 0. The Morgan fingerprint density at radius 2 is 1.69 bits per heavy atom. The van der Waals surface area contributed by atoms with Gasteiger partial charge in [-0.3, -0.25) is 19.3 Å². The van der Waals surface area contributed by atoms with E-state index in [-0.39, 0.29) is 36.7 Å². The van der Waals surface area contributed by atoms with Crippen LogP contribution in [-0.2, 0) is 6.54 Å². The SMILES string of the molecule is CCOc1ccc(CN2C(=O)c3ccccc3C2=O)cc1C(=O)NCCNC.Cl. The minimum atomic E-state index is -0.325. The number of amides is 3. The van der Waals surface area contributed by atoms with Gasteiger partial charge in [0, 0.05) is 13.1 Å². The minimum absolute atomic E-state index is 0. The second-order valence-corrected chi connectivity index (χ2v) is 6.37. The van der Waals surface area contributed by atoms with Crippen LogP contribution in [0.15, 0.2) is 42.5 Å². The molecule has 1 aliphatic heterocycles. The van der Waals surface area contributed by atoms with E-state index in [0.717, 1.165) is 0 Å². The summed E-state index contributed by atoms with van der Waals surface area (Å²) >= 11 is 0. The molecule has 0 unspecified atom stereocenters. The lowest BCUT2D eigenvalue weighted by atomic mass is 10.1. The predicted octanol–water partition coefficient (Wildman–Crippen LogP) is 2.25. The van der Waals surface area contributed by atoms with Gasteiger partial charge in [-0.15, -0.1) is 12.4 Å². The summed E-state index contributed by atoms with van der Waals surface area (Å²) in [4.78, 5) is 38.9. The Morgan fingerprint density at radius 1 is 1.03 bits per heavy atom. The molecule has 2 aromatic rings. The standard InChI is InChI=1S/C21H23N3O4.ClH/c1-3-28-18-9-8-14(12-17(18)19(25)23-11-10-22-2)13-24-20(26)15-6-4-5-7-16(15)21(24)27;/h4-9,12,22H,3,10-11,13H2,1-2H3,(H,23,25);1H. The highest BCUT2D eigenvalue weighted by Gasteiger charge is 2.35. The first kappa shape index (κ1) is 22.4. The molecule has 0 atom stereocenters.